The quantitative estimate of drug-likeness (QED) is 0.855. The second-order valence-corrected chi connectivity index (χ2v) is 5.64. The van der Waals surface area contributed by atoms with E-state index in [9.17, 15) is 0 Å². The summed E-state index contributed by atoms with van der Waals surface area (Å²) in [5, 5.41) is 14.0. The molecule has 0 bridgehead atoms. The Hall–Kier alpha value is -2.06. The molecule has 0 amide bonds. The number of hydrogen-bond acceptors (Lipinski definition) is 4. The molecule has 108 valence electrons. The van der Waals surface area contributed by atoms with Gasteiger partial charge in [-0.25, -0.2) is 4.98 Å². The van der Waals surface area contributed by atoms with Gasteiger partial charge in [0.2, 0.25) is 0 Å². The SMILES string of the molecule is Cc1nn(C)c(Cl)c1[C@H]1CCCN1c1ccc(C#N)cn1. The van der Waals surface area contributed by atoms with Crippen molar-refractivity contribution in [2.45, 2.75) is 25.8 Å². The van der Waals surface area contributed by atoms with Crippen molar-refractivity contribution in [1.29, 1.82) is 5.26 Å². The first-order chi connectivity index (χ1) is 10.1. The first kappa shape index (κ1) is 13.9. The van der Waals surface area contributed by atoms with Gasteiger partial charge in [-0.15, -0.1) is 0 Å². The maximum atomic E-state index is 8.87. The van der Waals surface area contributed by atoms with Gasteiger partial charge < -0.3 is 4.90 Å². The number of rotatable bonds is 2. The van der Waals surface area contributed by atoms with Crippen LogP contribution in [0.15, 0.2) is 18.3 Å². The lowest BCUT2D eigenvalue weighted by atomic mass is 10.1. The summed E-state index contributed by atoms with van der Waals surface area (Å²) in [6, 6.07) is 5.99. The Kier molecular flexibility index (Phi) is 3.56. The summed E-state index contributed by atoms with van der Waals surface area (Å²) in [5.74, 6) is 0.885. The van der Waals surface area contributed by atoms with E-state index in [1.165, 1.54) is 0 Å². The Morgan fingerprint density at radius 2 is 2.24 bits per heavy atom. The van der Waals surface area contributed by atoms with Gasteiger partial charge in [0.25, 0.3) is 0 Å². The smallest absolute Gasteiger partial charge is 0.132 e. The van der Waals surface area contributed by atoms with Crippen LogP contribution in [0.5, 0.6) is 0 Å². The lowest BCUT2D eigenvalue weighted by Gasteiger charge is -2.26. The minimum absolute atomic E-state index is 0.201. The molecule has 21 heavy (non-hydrogen) atoms. The molecule has 1 aliphatic heterocycles. The molecule has 0 unspecified atom stereocenters. The van der Waals surface area contributed by atoms with Gasteiger partial charge in [-0.2, -0.15) is 10.4 Å². The van der Waals surface area contributed by atoms with E-state index in [1.54, 1.807) is 16.9 Å². The van der Waals surface area contributed by atoms with E-state index in [1.807, 2.05) is 20.0 Å². The predicted molar refractivity (Wildman–Crippen MR) is 81.2 cm³/mol. The largest absolute Gasteiger partial charge is 0.349 e. The fourth-order valence-electron chi connectivity index (χ4n) is 2.99. The van der Waals surface area contributed by atoms with E-state index < -0.39 is 0 Å². The molecule has 1 aliphatic rings. The van der Waals surface area contributed by atoms with Crippen LogP contribution < -0.4 is 4.90 Å². The van der Waals surface area contributed by atoms with Crippen LogP contribution >= 0.6 is 11.6 Å². The normalized spacial score (nSPS) is 18.0. The number of pyridine rings is 1. The van der Waals surface area contributed by atoms with Crippen molar-refractivity contribution in [3.63, 3.8) is 0 Å². The molecular formula is C15H16ClN5. The van der Waals surface area contributed by atoms with E-state index in [2.05, 4.69) is 21.1 Å². The van der Waals surface area contributed by atoms with Crippen LogP contribution in [0.25, 0.3) is 0 Å². The third-order valence-corrected chi connectivity index (χ3v) is 4.40. The Morgan fingerprint density at radius 1 is 1.43 bits per heavy atom. The van der Waals surface area contributed by atoms with Gasteiger partial charge >= 0.3 is 0 Å². The second-order valence-electron chi connectivity index (χ2n) is 5.28. The second kappa shape index (κ2) is 5.38. The molecule has 5 nitrogen and oxygen atoms in total. The monoisotopic (exact) mass is 301 g/mol. The van der Waals surface area contributed by atoms with Crippen LogP contribution in [0.4, 0.5) is 5.82 Å². The fourth-order valence-corrected chi connectivity index (χ4v) is 3.29. The highest BCUT2D eigenvalue weighted by Gasteiger charge is 2.31. The lowest BCUT2D eigenvalue weighted by molar-refractivity contribution is 0.706. The van der Waals surface area contributed by atoms with E-state index in [4.69, 9.17) is 16.9 Å². The van der Waals surface area contributed by atoms with Gasteiger partial charge in [0, 0.05) is 25.4 Å². The average molecular weight is 302 g/mol. The van der Waals surface area contributed by atoms with Gasteiger partial charge in [0.05, 0.1) is 17.3 Å². The van der Waals surface area contributed by atoms with Crippen molar-refractivity contribution >= 4 is 17.4 Å². The Balaban J connectivity index is 1.97. The average Bonchev–Trinajstić information content (AvgIpc) is 3.05. The molecule has 3 heterocycles. The van der Waals surface area contributed by atoms with E-state index in [-0.39, 0.29) is 6.04 Å². The standard InChI is InChI=1S/C15H16ClN5/c1-10-14(15(16)20(2)19-10)12-4-3-7-21(12)13-6-5-11(8-17)9-18-13/h5-6,9,12H,3-4,7H2,1-2H3/t12-/m1/s1. The molecule has 6 heteroatoms. The zero-order valence-electron chi connectivity index (χ0n) is 12.0. The van der Waals surface area contributed by atoms with E-state index in [0.29, 0.717) is 10.7 Å². The van der Waals surface area contributed by atoms with Crippen molar-refractivity contribution in [2.75, 3.05) is 11.4 Å². The van der Waals surface area contributed by atoms with Crippen LogP contribution in [0, 0.1) is 18.3 Å². The number of nitrogens with zero attached hydrogens (tertiary/aromatic N) is 5. The van der Waals surface area contributed by atoms with Crippen molar-refractivity contribution in [3.8, 4) is 6.07 Å². The highest BCUT2D eigenvalue weighted by Crippen LogP contribution is 2.39. The Bertz CT molecular complexity index is 698. The molecule has 0 radical (unpaired) electrons. The van der Waals surface area contributed by atoms with Crippen molar-refractivity contribution in [1.82, 2.24) is 14.8 Å². The molecule has 2 aromatic rings. The Morgan fingerprint density at radius 3 is 2.81 bits per heavy atom. The molecule has 3 rings (SSSR count). The number of nitriles is 1. The summed E-state index contributed by atoms with van der Waals surface area (Å²) in [6.07, 6.45) is 3.74. The zero-order valence-corrected chi connectivity index (χ0v) is 12.8. The summed E-state index contributed by atoms with van der Waals surface area (Å²) in [6.45, 7) is 2.93. The van der Waals surface area contributed by atoms with Crippen molar-refractivity contribution < 1.29 is 0 Å². The van der Waals surface area contributed by atoms with Gasteiger partial charge in [0.15, 0.2) is 0 Å². The van der Waals surface area contributed by atoms with Crippen LogP contribution in [-0.2, 0) is 7.05 Å². The molecule has 1 fully saturated rings. The summed E-state index contributed by atoms with van der Waals surface area (Å²) < 4.78 is 1.72. The van der Waals surface area contributed by atoms with Crippen molar-refractivity contribution in [3.05, 3.63) is 40.3 Å². The number of hydrogen-bond donors (Lipinski definition) is 0. The highest BCUT2D eigenvalue weighted by atomic mass is 35.5. The summed E-state index contributed by atoms with van der Waals surface area (Å²) in [4.78, 5) is 6.65. The predicted octanol–water partition coefficient (Wildman–Crippen LogP) is 2.99. The van der Waals surface area contributed by atoms with Gasteiger partial charge in [-0.3, -0.25) is 4.68 Å². The van der Waals surface area contributed by atoms with Crippen molar-refractivity contribution in [2.24, 2.45) is 7.05 Å². The minimum atomic E-state index is 0.201. The first-order valence-electron chi connectivity index (χ1n) is 6.93. The molecule has 0 spiro atoms. The summed E-state index contributed by atoms with van der Waals surface area (Å²) in [5.41, 5.74) is 2.63. The fraction of sp³-hybridized carbons (Fsp3) is 0.400. The summed E-state index contributed by atoms with van der Waals surface area (Å²) >= 11 is 6.40. The van der Waals surface area contributed by atoms with Gasteiger partial charge in [-0.1, -0.05) is 11.6 Å². The highest BCUT2D eigenvalue weighted by molar-refractivity contribution is 6.30. The van der Waals surface area contributed by atoms with Gasteiger partial charge in [-0.05, 0) is 31.9 Å². The summed E-state index contributed by atoms with van der Waals surface area (Å²) in [7, 11) is 1.86. The molecule has 1 saturated heterocycles. The number of anilines is 1. The van der Waals surface area contributed by atoms with E-state index in [0.717, 1.165) is 36.5 Å². The number of aromatic nitrogens is 3. The van der Waals surface area contributed by atoms with Crippen LogP contribution in [0.3, 0.4) is 0 Å². The molecule has 0 saturated carbocycles. The topological polar surface area (TPSA) is 57.7 Å². The molecule has 0 aromatic carbocycles. The maximum Gasteiger partial charge on any atom is 0.132 e. The minimum Gasteiger partial charge on any atom is -0.349 e. The van der Waals surface area contributed by atoms with Crippen LogP contribution in [-0.4, -0.2) is 21.3 Å². The van der Waals surface area contributed by atoms with Crippen LogP contribution in [0.2, 0.25) is 5.15 Å². The van der Waals surface area contributed by atoms with Gasteiger partial charge in [0.1, 0.15) is 17.0 Å². The molecule has 1 atom stereocenters. The Labute approximate surface area is 128 Å². The number of halogens is 1. The van der Waals surface area contributed by atoms with E-state index >= 15 is 0 Å². The third-order valence-electron chi connectivity index (χ3n) is 3.95. The lowest BCUT2D eigenvalue weighted by Crippen LogP contribution is -2.24. The third kappa shape index (κ3) is 2.36. The number of aryl methyl sites for hydroxylation is 2. The van der Waals surface area contributed by atoms with Crippen LogP contribution in [0.1, 0.15) is 35.7 Å². The molecule has 0 aliphatic carbocycles. The maximum absolute atomic E-state index is 8.87. The molecule has 0 N–H and O–H groups in total. The molecule has 2 aromatic heterocycles. The zero-order chi connectivity index (χ0) is 15.0. The molecular weight excluding hydrogens is 286 g/mol. The first-order valence-corrected chi connectivity index (χ1v) is 7.31.